The fourth-order valence-corrected chi connectivity index (χ4v) is 1.68. The van der Waals surface area contributed by atoms with Crippen molar-refractivity contribution in [1.82, 2.24) is 16.0 Å². The van der Waals surface area contributed by atoms with Gasteiger partial charge >= 0.3 is 6.09 Å². The number of nitrogens with one attached hydrogen (secondary N) is 3. The SMILES string of the molecule is C/C=C/CCNC(=NCC(C)(C)NC(=O)OC(C)(C)C)NCC.I. The summed E-state index contributed by atoms with van der Waals surface area (Å²) in [6.45, 7) is 15.4. The molecule has 0 aromatic rings. The molecule has 0 aliphatic heterocycles. The second kappa shape index (κ2) is 12.4. The van der Waals surface area contributed by atoms with E-state index in [0.29, 0.717) is 6.54 Å². The lowest BCUT2D eigenvalue weighted by Crippen LogP contribution is -2.48. The van der Waals surface area contributed by atoms with E-state index in [1.807, 2.05) is 54.5 Å². The highest BCUT2D eigenvalue weighted by Crippen LogP contribution is 2.09. The quantitative estimate of drug-likeness (QED) is 0.181. The Labute approximate surface area is 164 Å². The molecule has 0 saturated carbocycles. The molecule has 0 saturated heterocycles. The first-order chi connectivity index (χ1) is 10.6. The van der Waals surface area contributed by atoms with E-state index in [9.17, 15) is 4.79 Å². The highest BCUT2D eigenvalue weighted by Gasteiger charge is 2.24. The Morgan fingerprint density at radius 1 is 1.17 bits per heavy atom. The van der Waals surface area contributed by atoms with E-state index in [2.05, 4.69) is 27.0 Å². The van der Waals surface area contributed by atoms with Crippen LogP contribution in [0.5, 0.6) is 0 Å². The Morgan fingerprint density at radius 2 is 1.79 bits per heavy atom. The van der Waals surface area contributed by atoms with Crippen LogP contribution < -0.4 is 16.0 Å². The van der Waals surface area contributed by atoms with Crippen LogP contribution in [0.3, 0.4) is 0 Å². The van der Waals surface area contributed by atoms with Gasteiger partial charge in [-0.3, -0.25) is 4.99 Å². The van der Waals surface area contributed by atoms with Crippen molar-refractivity contribution in [2.24, 2.45) is 4.99 Å². The number of alkyl carbamates (subject to hydrolysis) is 1. The number of carbonyl (C=O) groups is 1. The van der Waals surface area contributed by atoms with E-state index in [-0.39, 0.29) is 24.0 Å². The molecule has 142 valence electrons. The van der Waals surface area contributed by atoms with Gasteiger partial charge in [0.25, 0.3) is 0 Å². The van der Waals surface area contributed by atoms with Gasteiger partial charge in [-0.25, -0.2) is 4.79 Å². The molecule has 6 nitrogen and oxygen atoms in total. The van der Waals surface area contributed by atoms with Gasteiger partial charge in [0, 0.05) is 13.1 Å². The first-order valence-electron chi connectivity index (χ1n) is 8.24. The van der Waals surface area contributed by atoms with Crippen molar-refractivity contribution in [3.8, 4) is 0 Å². The monoisotopic (exact) mass is 454 g/mol. The summed E-state index contributed by atoms with van der Waals surface area (Å²) in [5, 5.41) is 9.31. The van der Waals surface area contributed by atoms with Crippen LogP contribution in [0, 0.1) is 0 Å². The smallest absolute Gasteiger partial charge is 0.408 e. The number of halogens is 1. The molecule has 0 bridgehead atoms. The highest BCUT2D eigenvalue weighted by atomic mass is 127. The molecular weight excluding hydrogens is 419 g/mol. The number of aliphatic imine (C=N–C) groups is 1. The molecule has 0 aromatic heterocycles. The van der Waals surface area contributed by atoms with Crippen LogP contribution in [-0.4, -0.2) is 42.8 Å². The second-order valence-corrected chi connectivity index (χ2v) is 6.99. The zero-order chi connectivity index (χ0) is 17.9. The first kappa shape index (κ1) is 25.3. The van der Waals surface area contributed by atoms with Gasteiger partial charge in [0.15, 0.2) is 5.96 Å². The highest BCUT2D eigenvalue weighted by molar-refractivity contribution is 14.0. The van der Waals surface area contributed by atoms with E-state index < -0.39 is 17.2 Å². The third-order valence-electron chi connectivity index (χ3n) is 2.66. The van der Waals surface area contributed by atoms with Gasteiger partial charge in [-0.15, -0.1) is 24.0 Å². The Bertz CT molecular complexity index is 415. The number of allylic oxidation sites excluding steroid dienone is 1. The minimum atomic E-state index is -0.507. The summed E-state index contributed by atoms with van der Waals surface area (Å²) in [6, 6.07) is 0. The van der Waals surface area contributed by atoms with Crippen molar-refractivity contribution in [1.29, 1.82) is 0 Å². The van der Waals surface area contributed by atoms with Crippen LogP contribution in [0.15, 0.2) is 17.1 Å². The number of hydrogen-bond donors (Lipinski definition) is 3. The molecule has 0 unspecified atom stereocenters. The number of guanidine groups is 1. The summed E-state index contributed by atoms with van der Waals surface area (Å²) in [4.78, 5) is 16.4. The normalized spacial score (nSPS) is 12.5. The third-order valence-corrected chi connectivity index (χ3v) is 2.66. The van der Waals surface area contributed by atoms with Crippen LogP contribution in [0.4, 0.5) is 4.79 Å². The predicted octanol–water partition coefficient (Wildman–Crippen LogP) is 3.43. The second-order valence-electron chi connectivity index (χ2n) is 6.99. The molecule has 0 atom stereocenters. The molecule has 0 rings (SSSR count). The Hall–Kier alpha value is -0.990. The summed E-state index contributed by atoms with van der Waals surface area (Å²) in [5.41, 5.74) is -0.999. The van der Waals surface area contributed by atoms with Gasteiger partial charge in [-0.05, 0) is 54.9 Å². The molecule has 0 aliphatic carbocycles. The molecule has 0 spiro atoms. The van der Waals surface area contributed by atoms with Crippen molar-refractivity contribution >= 4 is 36.0 Å². The maximum atomic E-state index is 11.9. The number of hydrogen-bond acceptors (Lipinski definition) is 3. The van der Waals surface area contributed by atoms with Crippen molar-refractivity contribution in [2.75, 3.05) is 19.6 Å². The Kier molecular flexibility index (Phi) is 13.0. The van der Waals surface area contributed by atoms with Crippen LogP contribution in [0.2, 0.25) is 0 Å². The fraction of sp³-hybridized carbons (Fsp3) is 0.765. The summed E-state index contributed by atoms with van der Waals surface area (Å²) < 4.78 is 5.28. The molecule has 1 amide bonds. The minimum absolute atomic E-state index is 0. The van der Waals surface area contributed by atoms with E-state index in [0.717, 1.165) is 25.5 Å². The lowest BCUT2D eigenvalue weighted by molar-refractivity contribution is 0.0476. The Balaban J connectivity index is 0. The van der Waals surface area contributed by atoms with Crippen molar-refractivity contribution in [3.63, 3.8) is 0 Å². The topological polar surface area (TPSA) is 74.8 Å². The van der Waals surface area contributed by atoms with Gasteiger partial charge in [0.2, 0.25) is 0 Å². The predicted molar refractivity (Wildman–Crippen MR) is 112 cm³/mol. The first-order valence-corrected chi connectivity index (χ1v) is 8.24. The number of ether oxygens (including phenoxy) is 1. The van der Waals surface area contributed by atoms with E-state index in [4.69, 9.17) is 4.74 Å². The molecule has 0 heterocycles. The van der Waals surface area contributed by atoms with Crippen LogP contribution >= 0.6 is 24.0 Å². The lowest BCUT2D eigenvalue weighted by atomic mass is 10.1. The molecule has 0 fully saturated rings. The van der Waals surface area contributed by atoms with Crippen LogP contribution in [-0.2, 0) is 4.74 Å². The lowest BCUT2D eigenvalue weighted by Gasteiger charge is -2.27. The molecular formula is C17H35IN4O2. The number of carbonyl (C=O) groups excluding carboxylic acids is 1. The van der Waals surface area contributed by atoms with Crippen LogP contribution in [0.25, 0.3) is 0 Å². The molecule has 3 N–H and O–H groups in total. The standard InChI is InChI=1S/C17H34N4O2.HI/c1-8-10-11-12-19-14(18-9-2)20-13-17(6,7)21-15(22)23-16(3,4)5;/h8,10H,9,11-13H2,1-7H3,(H,21,22)(H2,18,19,20);1H/b10-8+;. The Morgan fingerprint density at radius 3 is 2.29 bits per heavy atom. The van der Waals surface area contributed by atoms with E-state index in [1.165, 1.54) is 0 Å². The summed E-state index contributed by atoms with van der Waals surface area (Å²) in [7, 11) is 0. The van der Waals surface area contributed by atoms with Crippen molar-refractivity contribution in [2.45, 2.75) is 66.0 Å². The fourth-order valence-electron chi connectivity index (χ4n) is 1.68. The zero-order valence-corrected chi connectivity index (χ0v) is 18.5. The largest absolute Gasteiger partial charge is 0.444 e. The maximum absolute atomic E-state index is 11.9. The summed E-state index contributed by atoms with van der Waals surface area (Å²) >= 11 is 0. The van der Waals surface area contributed by atoms with Gasteiger partial charge < -0.3 is 20.7 Å². The third kappa shape index (κ3) is 14.6. The molecule has 0 aliphatic rings. The number of nitrogens with zero attached hydrogens (tertiary/aromatic N) is 1. The maximum Gasteiger partial charge on any atom is 0.408 e. The summed E-state index contributed by atoms with van der Waals surface area (Å²) in [6.07, 6.45) is 4.65. The summed E-state index contributed by atoms with van der Waals surface area (Å²) in [5.74, 6) is 0.746. The zero-order valence-electron chi connectivity index (χ0n) is 16.2. The van der Waals surface area contributed by atoms with E-state index >= 15 is 0 Å². The van der Waals surface area contributed by atoms with Gasteiger partial charge in [0.1, 0.15) is 5.60 Å². The van der Waals surface area contributed by atoms with Gasteiger partial charge in [-0.2, -0.15) is 0 Å². The molecule has 0 aromatic carbocycles. The average Bonchev–Trinajstić information content (AvgIpc) is 2.37. The van der Waals surface area contributed by atoms with E-state index in [1.54, 1.807) is 0 Å². The van der Waals surface area contributed by atoms with Crippen molar-refractivity contribution in [3.05, 3.63) is 12.2 Å². The molecule has 0 radical (unpaired) electrons. The van der Waals surface area contributed by atoms with Crippen LogP contribution in [0.1, 0.15) is 54.9 Å². The average molecular weight is 454 g/mol. The van der Waals surface area contributed by atoms with Crippen molar-refractivity contribution < 1.29 is 9.53 Å². The molecule has 24 heavy (non-hydrogen) atoms. The number of rotatable bonds is 7. The molecule has 7 heteroatoms. The number of amides is 1. The van der Waals surface area contributed by atoms with Gasteiger partial charge in [-0.1, -0.05) is 12.2 Å². The van der Waals surface area contributed by atoms with Gasteiger partial charge in [0.05, 0.1) is 12.1 Å². The minimum Gasteiger partial charge on any atom is -0.444 e.